The normalized spacial score (nSPS) is 12.0. The van der Waals surface area contributed by atoms with Crippen LogP contribution in [0.2, 0.25) is 0 Å². The molecule has 0 saturated carbocycles. The zero-order valence-electron chi connectivity index (χ0n) is 16.3. The van der Waals surface area contributed by atoms with Gasteiger partial charge in [-0.25, -0.2) is 8.42 Å². The third-order valence-electron chi connectivity index (χ3n) is 4.81. The highest BCUT2D eigenvalue weighted by molar-refractivity contribution is 7.89. The number of hydrogen-bond donors (Lipinski definition) is 2. The molecule has 1 aromatic rings. The lowest BCUT2D eigenvalue weighted by Gasteiger charge is -2.27. The van der Waals surface area contributed by atoms with Crippen molar-refractivity contribution < 1.29 is 13.2 Å². The highest BCUT2D eigenvalue weighted by Crippen LogP contribution is 2.20. The Balaban J connectivity index is 0.00000625. The van der Waals surface area contributed by atoms with Crippen molar-refractivity contribution >= 4 is 28.3 Å². The number of nitrogens with two attached hydrogens (primary N) is 1. The molecule has 1 rings (SSSR count). The highest BCUT2D eigenvalue weighted by atomic mass is 35.5. The molecule has 6 nitrogen and oxygen atoms in total. The van der Waals surface area contributed by atoms with E-state index >= 15 is 0 Å². The molecule has 0 aliphatic heterocycles. The van der Waals surface area contributed by atoms with Gasteiger partial charge in [-0.3, -0.25) is 4.79 Å². The molecule has 0 atom stereocenters. The van der Waals surface area contributed by atoms with Crippen LogP contribution in [0.25, 0.3) is 0 Å². The van der Waals surface area contributed by atoms with Crippen molar-refractivity contribution in [1.82, 2.24) is 9.62 Å². The summed E-state index contributed by atoms with van der Waals surface area (Å²) in [5.41, 5.74) is 6.86. The number of aryl methyl sites for hydroxylation is 1. The molecule has 8 heteroatoms. The van der Waals surface area contributed by atoms with Gasteiger partial charge in [0, 0.05) is 30.7 Å². The van der Waals surface area contributed by atoms with Crippen molar-refractivity contribution in [2.45, 2.75) is 57.9 Å². The third-order valence-corrected chi connectivity index (χ3v) is 6.85. The molecule has 150 valence electrons. The Morgan fingerprint density at radius 2 is 1.69 bits per heavy atom. The van der Waals surface area contributed by atoms with E-state index < -0.39 is 15.6 Å². The van der Waals surface area contributed by atoms with Gasteiger partial charge in [0.15, 0.2) is 0 Å². The van der Waals surface area contributed by atoms with Gasteiger partial charge in [0.1, 0.15) is 0 Å². The second-order valence-electron chi connectivity index (χ2n) is 6.32. The summed E-state index contributed by atoms with van der Waals surface area (Å²) in [6.45, 7) is 10.5. The van der Waals surface area contributed by atoms with Gasteiger partial charge in [0.25, 0.3) is 5.91 Å². The number of carbonyl (C=O) groups is 1. The molecule has 26 heavy (non-hydrogen) atoms. The summed E-state index contributed by atoms with van der Waals surface area (Å²) >= 11 is 0. The Morgan fingerprint density at radius 3 is 2.15 bits per heavy atom. The van der Waals surface area contributed by atoms with Crippen molar-refractivity contribution in [3.8, 4) is 0 Å². The van der Waals surface area contributed by atoms with Crippen molar-refractivity contribution in [2.75, 3.05) is 19.6 Å². The van der Waals surface area contributed by atoms with Crippen LogP contribution in [-0.4, -0.2) is 43.8 Å². The molecule has 0 unspecified atom stereocenters. The smallest absolute Gasteiger partial charge is 0.251 e. The molecule has 0 radical (unpaired) electrons. The van der Waals surface area contributed by atoms with Gasteiger partial charge in [-0.2, -0.15) is 4.31 Å². The van der Waals surface area contributed by atoms with Crippen LogP contribution in [0.4, 0.5) is 0 Å². The molecule has 0 fully saturated rings. The number of nitrogens with zero attached hydrogens (tertiary/aromatic N) is 1. The van der Waals surface area contributed by atoms with Gasteiger partial charge in [0.2, 0.25) is 10.0 Å². The monoisotopic (exact) mass is 405 g/mol. The maximum Gasteiger partial charge on any atom is 0.251 e. The van der Waals surface area contributed by atoms with Gasteiger partial charge in [-0.1, -0.05) is 33.8 Å². The minimum atomic E-state index is -3.60. The fraction of sp³-hybridized carbons (Fsp3) is 0.611. The number of amides is 1. The first-order valence-electron chi connectivity index (χ1n) is 8.83. The highest BCUT2D eigenvalue weighted by Gasteiger charge is 2.25. The molecule has 1 amide bonds. The third kappa shape index (κ3) is 5.67. The lowest BCUT2D eigenvalue weighted by Crippen LogP contribution is -2.49. The van der Waals surface area contributed by atoms with Crippen molar-refractivity contribution in [3.63, 3.8) is 0 Å². The SMILES string of the molecule is CCN(CC)S(=O)(=O)c1ccc(C)c(C(=O)NCC(N)(CC)CC)c1.Cl. The topological polar surface area (TPSA) is 92.5 Å². The minimum Gasteiger partial charge on any atom is -0.350 e. The van der Waals surface area contributed by atoms with Crippen LogP contribution in [0.3, 0.4) is 0 Å². The van der Waals surface area contributed by atoms with Crippen LogP contribution < -0.4 is 11.1 Å². The van der Waals surface area contributed by atoms with Crippen LogP contribution in [0, 0.1) is 6.92 Å². The fourth-order valence-corrected chi connectivity index (χ4v) is 4.06. The average molecular weight is 406 g/mol. The fourth-order valence-electron chi connectivity index (χ4n) is 2.57. The molecule has 0 aliphatic rings. The number of rotatable bonds is 9. The Bertz CT molecular complexity index is 700. The van der Waals surface area contributed by atoms with E-state index in [1.54, 1.807) is 32.9 Å². The van der Waals surface area contributed by atoms with Crippen molar-refractivity contribution in [3.05, 3.63) is 29.3 Å². The van der Waals surface area contributed by atoms with Gasteiger partial charge in [0.05, 0.1) is 4.90 Å². The standard InChI is InChI=1S/C18H31N3O3S.ClH/c1-6-18(19,7-2)13-20-17(22)16-12-15(11-10-14(16)5)25(23,24)21(8-3)9-4;/h10-12H,6-9,13,19H2,1-5H3,(H,20,22);1H. The van der Waals surface area contributed by atoms with E-state index in [1.807, 2.05) is 13.8 Å². The van der Waals surface area contributed by atoms with Crippen LogP contribution >= 0.6 is 12.4 Å². The maximum atomic E-state index is 12.7. The Labute approximate surface area is 164 Å². The number of benzene rings is 1. The molecule has 0 aliphatic carbocycles. The van der Waals surface area contributed by atoms with Gasteiger partial charge in [-0.05, 0) is 37.5 Å². The zero-order valence-corrected chi connectivity index (χ0v) is 18.0. The zero-order chi connectivity index (χ0) is 19.3. The Kier molecular flexibility index (Phi) is 9.80. The largest absolute Gasteiger partial charge is 0.350 e. The number of hydrogen-bond acceptors (Lipinski definition) is 4. The summed E-state index contributed by atoms with van der Waals surface area (Å²) in [5.74, 6) is -0.300. The van der Waals surface area contributed by atoms with Crippen LogP contribution in [0.15, 0.2) is 23.1 Å². The second-order valence-corrected chi connectivity index (χ2v) is 8.26. The minimum absolute atomic E-state index is 0. The number of sulfonamides is 1. The summed E-state index contributed by atoms with van der Waals surface area (Å²) in [6.07, 6.45) is 1.50. The van der Waals surface area contributed by atoms with E-state index in [9.17, 15) is 13.2 Å². The molecule has 0 saturated heterocycles. The van der Waals surface area contributed by atoms with Crippen LogP contribution in [0.1, 0.15) is 56.5 Å². The summed E-state index contributed by atoms with van der Waals surface area (Å²) in [7, 11) is -3.60. The van der Waals surface area contributed by atoms with E-state index in [2.05, 4.69) is 5.32 Å². The Morgan fingerprint density at radius 1 is 1.15 bits per heavy atom. The maximum absolute atomic E-state index is 12.7. The van der Waals surface area contributed by atoms with Crippen LogP contribution in [-0.2, 0) is 10.0 Å². The number of nitrogens with one attached hydrogen (secondary N) is 1. The Hall–Kier alpha value is -1.15. The summed E-state index contributed by atoms with van der Waals surface area (Å²) in [5, 5.41) is 2.85. The van der Waals surface area contributed by atoms with E-state index in [4.69, 9.17) is 5.73 Å². The van der Waals surface area contributed by atoms with Crippen LogP contribution in [0.5, 0.6) is 0 Å². The summed E-state index contributed by atoms with van der Waals surface area (Å²) in [6, 6.07) is 4.67. The average Bonchev–Trinajstić information content (AvgIpc) is 2.60. The van der Waals surface area contributed by atoms with Crippen molar-refractivity contribution in [1.29, 1.82) is 0 Å². The van der Waals surface area contributed by atoms with Crippen molar-refractivity contribution in [2.24, 2.45) is 5.73 Å². The van der Waals surface area contributed by atoms with E-state index in [0.717, 1.165) is 18.4 Å². The number of halogens is 1. The quantitative estimate of drug-likeness (QED) is 0.660. The lowest BCUT2D eigenvalue weighted by molar-refractivity contribution is 0.0941. The molecular weight excluding hydrogens is 374 g/mol. The second kappa shape index (κ2) is 10.3. The summed E-state index contributed by atoms with van der Waals surface area (Å²) in [4.78, 5) is 12.7. The molecule has 3 N–H and O–H groups in total. The molecule has 0 spiro atoms. The lowest BCUT2D eigenvalue weighted by atomic mass is 9.94. The number of carbonyl (C=O) groups excluding carboxylic acids is 1. The van der Waals surface area contributed by atoms with Gasteiger partial charge < -0.3 is 11.1 Å². The predicted molar refractivity (Wildman–Crippen MR) is 108 cm³/mol. The molecule has 0 heterocycles. The first kappa shape index (κ1) is 24.8. The van der Waals surface area contributed by atoms with E-state index in [0.29, 0.717) is 25.2 Å². The van der Waals surface area contributed by atoms with Gasteiger partial charge >= 0.3 is 0 Å². The first-order chi connectivity index (χ1) is 11.6. The first-order valence-corrected chi connectivity index (χ1v) is 10.3. The molecule has 0 aromatic heterocycles. The molecular formula is C18H32ClN3O3S. The predicted octanol–water partition coefficient (Wildman–Crippen LogP) is 2.69. The van der Waals surface area contributed by atoms with E-state index in [-0.39, 0.29) is 23.2 Å². The molecule has 0 bridgehead atoms. The summed E-state index contributed by atoms with van der Waals surface area (Å²) < 4.78 is 26.7. The van der Waals surface area contributed by atoms with E-state index in [1.165, 1.54) is 10.4 Å². The molecule has 1 aromatic carbocycles. The van der Waals surface area contributed by atoms with Gasteiger partial charge in [-0.15, -0.1) is 12.4 Å².